The van der Waals surface area contributed by atoms with Crippen molar-refractivity contribution in [1.29, 1.82) is 0 Å². The van der Waals surface area contributed by atoms with E-state index in [0.29, 0.717) is 39.3 Å². The molecule has 0 unspecified atom stereocenters. The molecule has 1 fully saturated rings. The third kappa shape index (κ3) is 3.36. The number of hydrogen-bond acceptors (Lipinski definition) is 4. The number of Topliss-reactive ketones (excluding diaryl/α,β-unsaturated/α-hetero) is 1. The summed E-state index contributed by atoms with van der Waals surface area (Å²) in [5.74, 6) is -0.843. The Morgan fingerprint density at radius 1 is 1.19 bits per heavy atom. The van der Waals surface area contributed by atoms with Crippen LogP contribution in [0.25, 0.3) is 0 Å². The molecule has 0 aliphatic carbocycles. The van der Waals surface area contributed by atoms with Gasteiger partial charge in [0.1, 0.15) is 5.54 Å². The van der Waals surface area contributed by atoms with E-state index >= 15 is 0 Å². The van der Waals surface area contributed by atoms with Gasteiger partial charge in [-0.15, -0.1) is 0 Å². The molecule has 2 aliphatic rings. The molecule has 0 spiro atoms. The number of amides is 2. The first kappa shape index (κ1) is 18.1. The zero-order chi connectivity index (χ0) is 20.5. The molecular formula is C22H28N2O3. The second-order valence-electron chi connectivity index (χ2n) is 7.63. The number of rotatable bonds is 7. The molecule has 2 heterocycles. The van der Waals surface area contributed by atoms with Gasteiger partial charge in [-0.05, 0) is 55.5 Å². The van der Waals surface area contributed by atoms with E-state index in [-0.39, 0.29) is 5.78 Å². The van der Waals surface area contributed by atoms with Crippen LogP contribution in [0.15, 0.2) is 24.3 Å². The van der Waals surface area contributed by atoms with Gasteiger partial charge in [-0.2, -0.15) is 0 Å². The summed E-state index contributed by atoms with van der Waals surface area (Å²) in [6.45, 7) is 5.30. The molecule has 0 N–H and O–H groups in total. The molecule has 5 nitrogen and oxygen atoms in total. The van der Waals surface area contributed by atoms with Crippen LogP contribution in [0.4, 0.5) is 0 Å². The quantitative estimate of drug-likeness (QED) is 0.692. The highest BCUT2D eigenvalue weighted by atomic mass is 16.2. The lowest BCUT2D eigenvalue weighted by molar-refractivity contribution is -0.161. The smallest absolute Gasteiger partial charge is 0.254 e. The first-order valence-corrected chi connectivity index (χ1v) is 9.51. The van der Waals surface area contributed by atoms with E-state index in [1.165, 1.54) is 23.3 Å². The number of hydrogen-bond donors (Lipinski definition) is 0. The van der Waals surface area contributed by atoms with Crippen molar-refractivity contribution in [2.75, 3.05) is 20.1 Å². The number of carbonyl (C=O) groups excluding carboxylic acids is 3. The highest BCUT2D eigenvalue weighted by molar-refractivity contribution is 6.16. The van der Waals surface area contributed by atoms with Crippen molar-refractivity contribution in [1.82, 2.24) is 9.80 Å². The Bertz CT molecular complexity index is 822. The number of imide groups is 1. The standard InChI is InChI=1S/C22H28N2O3/c1-5-16-11-15(3)18(6-2)17(12-16)7-8-19(25)22(13-23(4)14-22)24-20(26)9-10-21(24)27/h9-12H,5-8,13-14H2,1-4H3/i1D. The van der Waals surface area contributed by atoms with E-state index in [1.54, 1.807) is 0 Å². The van der Waals surface area contributed by atoms with E-state index in [0.717, 1.165) is 22.4 Å². The van der Waals surface area contributed by atoms with Crippen molar-refractivity contribution in [3.05, 3.63) is 46.5 Å². The van der Waals surface area contributed by atoms with Gasteiger partial charge in [-0.3, -0.25) is 19.3 Å². The molecule has 5 heteroatoms. The van der Waals surface area contributed by atoms with Gasteiger partial charge in [-0.25, -0.2) is 0 Å². The van der Waals surface area contributed by atoms with Crippen molar-refractivity contribution in [3.63, 3.8) is 0 Å². The minimum absolute atomic E-state index is 0.0541. The van der Waals surface area contributed by atoms with Crippen LogP contribution in [0.1, 0.15) is 43.9 Å². The van der Waals surface area contributed by atoms with E-state index in [9.17, 15) is 14.4 Å². The third-order valence-corrected chi connectivity index (χ3v) is 5.71. The predicted octanol–water partition coefficient (Wildman–Crippen LogP) is 2.23. The maximum atomic E-state index is 13.2. The van der Waals surface area contributed by atoms with Gasteiger partial charge in [0.25, 0.3) is 11.8 Å². The Labute approximate surface area is 162 Å². The van der Waals surface area contributed by atoms with Crippen LogP contribution >= 0.6 is 0 Å². The Morgan fingerprint density at radius 2 is 1.85 bits per heavy atom. The molecule has 1 saturated heterocycles. The summed E-state index contributed by atoms with van der Waals surface area (Å²) >= 11 is 0. The molecule has 2 aliphatic heterocycles. The highest BCUT2D eigenvalue weighted by Crippen LogP contribution is 2.32. The van der Waals surface area contributed by atoms with Crippen LogP contribution in [-0.2, 0) is 33.6 Å². The van der Waals surface area contributed by atoms with Crippen LogP contribution in [0.3, 0.4) is 0 Å². The molecule has 1 aromatic carbocycles. The van der Waals surface area contributed by atoms with Gasteiger partial charge in [-0.1, -0.05) is 26.0 Å². The van der Waals surface area contributed by atoms with Gasteiger partial charge in [0.2, 0.25) is 0 Å². The average Bonchev–Trinajstić information content (AvgIpc) is 2.95. The normalized spacial score (nSPS) is 19.4. The van der Waals surface area contributed by atoms with Crippen LogP contribution < -0.4 is 0 Å². The van der Waals surface area contributed by atoms with Gasteiger partial charge in [0.15, 0.2) is 5.78 Å². The molecule has 144 valence electrons. The zero-order valence-electron chi connectivity index (χ0n) is 17.4. The summed E-state index contributed by atoms with van der Waals surface area (Å²) in [4.78, 5) is 40.7. The summed E-state index contributed by atoms with van der Waals surface area (Å²) in [6.07, 6.45) is 4.96. The minimum Gasteiger partial charge on any atom is -0.301 e. The summed E-state index contributed by atoms with van der Waals surface area (Å²) in [7, 11) is 1.88. The van der Waals surface area contributed by atoms with Crippen LogP contribution in [0, 0.1) is 6.92 Å². The molecule has 0 saturated carbocycles. The monoisotopic (exact) mass is 369 g/mol. The number of aryl methyl sites for hydroxylation is 3. The number of likely N-dealkylation sites (N-methyl/N-ethyl adjacent to an activating group) is 1. The molecule has 27 heavy (non-hydrogen) atoms. The topological polar surface area (TPSA) is 57.7 Å². The lowest BCUT2D eigenvalue weighted by atomic mass is 9.80. The maximum absolute atomic E-state index is 13.2. The van der Waals surface area contributed by atoms with Crippen molar-refractivity contribution in [2.45, 2.75) is 52.0 Å². The van der Waals surface area contributed by atoms with Gasteiger partial charge in [0, 0.05) is 33.0 Å². The minimum atomic E-state index is -1.04. The Balaban J connectivity index is 1.81. The fraction of sp³-hybridized carbons (Fsp3) is 0.500. The predicted molar refractivity (Wildman–Crippen MR) is 104 cm³/mol. The van der Waals surface area contributed by atoms with Crippen molar-refractivity contribution >= 4 is 17.6 Å². The van der Waals surface area contributed by atoms with Crippen molar-refractivity contribution in [2.24, 2.45) is 0 Å². The molecule has 0 aromatic heterocycles. The summed E-state index contributed by atoms with van der Waals surface area (Å²) < 4.78 is 7.48. The van der Waals surface area contributed by atoms with Crippen LogP contribution in [0.5, 0.6) is 0 Å². The first-order chi connectivity index (χ1) is 13.3. The Morgan fingerprint density at radius 3 is 2.41 bits per heavy atom. The van der Waals surface area contributed by atoms with Crippen molar-refractivity contribution < 1.29 is 15.8 Å². The molecule has 0 radical (unpaired) electrons. The average molecular weight is 369 g/mol. The number of ketones is 1. The van der Waals surface area contributed by atoms with Gasteiger partial charge >= 0.3 is 0 Å². The number of likely N-dealkylation sites (tertiary alicyclic amines) is 1. The van der Waals surface area contributed by atoms with E-state index in [1.807, 2.05) is 11.9 Å². The molecular weight excluding hydrogens is 340 g/mol. The largest absolute Gasteiger partial charge is 0.301 e. The SMILES string of the molecule is [2H]CCc1cc(C)c(CC)c(CCC(=O)C2(N3C(=O)C=CC3=O)CN(C)C2)c1. The molecule has 0 atom stereocenters. The molecule has 0 bridgehead atoms. The summed E-state index contributed by atoms with van der Waals surface area (Å²) in [5.41, 5.74) is 3.67. The first-order valence-electron chi connectivity index (χ1n) is 10.2. The summed E-state index contributed by atoms with van der Waals surface area (Å²) in [5, 5.41) is 0. The zero-order valence-corrected chi connectivity index (χ0v) is 16.4. The molecule has 3 rings (SSSR count). The second-order valence-corrected chi connectivity index (χ2v) is 7.63. The summed E-state index contributed by atoms with van der Waals surface area (Å²) in [6, 6.07) is 4.25. The number of nitrogens with zero attached hydrogens (tertiary/aromatic N) is 2. The second kappa shape index (κ2) is 7.39. The molecule has 1 aromatic rings. The van der Waals surface area contributed by atoms with E-state index in [4.69, 9.17) is 1.37 Å². The van der Waals surface area contributed by atoms with E-state index in [2.05, 4.69) is 26.0 Å². The fourth-order valence-electron chi connectivity index (χ4n) is 4.44. The van der Waals surface area contributed by atoms with Crippen LogP contribution in [-0.4, -0.2) is 53.1 Å². The van der Waals surface area contributed by atoms with Crippen molar-refractivity contribution in [3.8, 4) is 0 Å². The molecule has 2 amide bonds. The van der Waals surface area contributed by atoms with Gasteiger partial charge in [0.05, 0.1) is 0 Å². The highest BCUT2D eigenvalue weighted by Gasteiger charge is 2.55. The number of benzene rings is 1. The maximum Gasteiger partial charge on any atom is 0.254 e. The Hall–Kier alpha value is -2.27. The van der Waals surface area contributed by atoms with Crippen LogP contribution in [0.2, 0.25) is 0 Å². The Kier molecular flexibility index (Phi) is 4.96. The fourth-order valence-corrected chi connectivity index (χ4v) is 4.44. The van der Waals surface area contributed by atoms with E-state index < -0.39 is 17.4 Å². The third-order valence-electron chi connectivity index (χ3n) is 5.71. The van der Waals surface area contributed by atoms with Gasteiger partial charge < -0.3 is 4.90 Å². The lowest BCUT2D eigenvalue weighted by Crippen LogP contribution is -2.74. The number of carbonyl (C=O) groups is 3. The lowest BCUT2D eigenvalue weighted by Gasteiger charge is -2.51.